The third-order valence-corrected chi connectivity index (χ3v) is 3.44. The molecule has 1 fully saturated rings. The zero-order chi connectivity index (χ0) is 11.6. The van der Waals surface area contributed by atoms with Gasteiger partial charge >= 0.3 is 0 Å². The fourth-order valence-electron chi connectivity index (χ4n) is 2.46. The molecular weight excluding hydrogens is 198 g/mol. The van der Waals surface area contributed by atoms with Gasteiger partial charge in [-0.15, -0.1) is 0 Å². The van der Waals surface area contributed by atoms with E-state index in [9.17, 15) is 0 Å². The van der Waals surface area contributed by atoms with Crippen LogP contribution in [-0.2, 0) is 4.74 Å². The number of ether oxygens (including phenoxy) is 1. The molecule has 1 rings (SSSR count). The molecule has 0 aliphatic carbocycles. The van der Waals surface area contributed by atoms with Crippen molar-refractivity contribution < 1.29 is 4.74 Å². The summed E-state index contributed by atoms with van der Waals surface area (Å²) in [6.07, 6.45) is 11.0. The lowest BCUT2D eigenvalue weighted by Crippen LogP contribution is -2.39. The van der Waals surface area contributed by atoms with Crippen molar-refractivity contribution in [2.45, 2.75) is 77.4 Å². The molecule has 0 aromatic heterocycles. The van der Waals surface area contributed by atoms with Crippen LogP contribution < -0.4 is 5.32 Å². The summed E-state index contributed by atoms with van der Waals surface area (Å²) in [5, 5.41) is 3.66. The van der Waals surface area contributed by atoms with E-state index in [2.05, 4.69) is 19.2 Å². The molecule has 1 saturated heterocycles. The van der Waals surface area contributed by atoms with Gasteiger partial charge in [0, 0.05) is 12.6 Å². The monoisotopic (exact) mass is 227 g/mol. The van der Waals surface area contributed by atoms with Crippen molar-refractivity contribution in [2.24, 2.45) is 0 Å². The summed E-state index contributed by atoms with van der Waals surface area (Å²) in [6.45, 7) is 6.62. The molecule has 0 saturated carbocycles. The van der Waals surface area contributed by atoms with Crippen molar-refractivity contribution in [1.29, 1.82) is 0 Å². The molecule has 1 aliphatic heterocycles. The van der Waals surface area contributed by atoms with Crippen LogP contribution in [0, 0.1) is 0 Å². The van der Waals surface area contributed by atoms with Gasteiger partial charge in [-0.25, -0.2) is 0 Å². The van der Waals surface area contributed by atoms with E-state index in [1.807, 2.05) is 0 Å². The first-order valence-electron chi connectivity index (χ1n) is 7.23. The molecule has 1 N–H and O–H groups in total. The van der Waals surface area contributed by atoms with E-state index in [1.165, 1.54) is 51.4 Å². The summed E-state index contributed by atoms with van der Waals surface area (Å²) in [4.78, 5) is 0. The SMILES string of the molecule is CCCCCCC(NCCC)C1CCCO1. The number of nitrogens with one attached hydrogen (secondary N) is 1. The molecule has 0 bridgehead atoms. The maximum Gasteiger partial charge on any atom is 0.0728 e. The van der Waals surface area contributed by atoms with Gasteiger partial charge in [0.15, 0.2) is 0 Å². The van der Waals surface area contributed by atoms with E-state index < -0.39 is 0 Å². The normalized spacial score (nSPS) is 22.5. The van der Waals surface area contributed by atoms with Crippen molar-refractivity contribution in [3.8, 4) is 0 Å². The Morgan fingerprint density at radius 3 is 2.69 bits per heavy atom. The Kier molecular flexibility index (Phi) is 7.87. The zero-order valence-electron chi connectivity index (χ0n) is 11.1. The number of unbranched alkanes of at least 4 members (excludes halogenated alkanes) is 3. The molecule has 0 amide bonds. The molecular formula is C14H29NO. The van der Waals surface area contributed by atoms with Gasteiger partial charge in [0.1, 0.15) is 0 Å². The van der Waals surface area contributed by atoms with E-state index in [0.29, 0.717) is 12.1 Å². The van der Waals surface area contributed by atoms with Crippen molar-refractivity contribution in [1.82, 2.24) is 5.32 Å². The van der Waals surface area contributed by atoms with Crippen LogP contribution in [0.5, 0.6) is 0 Å². The molecule has 1 aliphatic rings. The molecule has 0 aromatic carbocycles. The largest absolute Gasteiger partial charge is 0.377 e. The van der Waals surface area contributed by atoms with Gasteiger partial charge in [0.2, 0.25) is 0 Å². The second-order valence-electron chi connectivity index (χ2n) is 4.96. The summed E-state index contributed by atoms with van der Waals surface area (Å²) in [5.41, 5.74) is 0. The Morgan fingerprint density at radius 1 is 1.19 bits per heavy atom. The maximum atomic E-state index is 5.81. The minimum absolute atomic E-state index is 0.494. The van der Waals surface area contributed by atoms with Crippen LogP contribution in [0.3, 0.4) is 0 Å². The molecule has 2 unspecified atom stereocenters. The van der Waals surface area contributed by atoms with Crippen LogP contribution in [0.4, 0.5) is 0 Å². The fourth-order valence-corrected chi connectivity index (χ4v) is 2.46. The number of rotatable bonds is 9. The highest BCUT2D eigenvalue weighted by Crippen LogP contribution is 2.19. The third kappa shape index (κ3) is 5.31. The van der Waals surface area contributed by atoms with Crippen LogP contribution >= 0.6 is 0 Å². The zero-order valence-corrected chi connectivity index (χ0v) is 11.1. The first-order chi connectivity index (χ1) is 7.88. The van der Waals surface area contributed by atoms with E-state index in [4.69, 9.17) is 4.74 Å². The van der Waals surface area contributed by atoms with Crippen molar-refractivity contribution in [2.75, 3.05) is 13.2 Å². The Balaban J connectivity index is 2.19. The second-order valence-corrected chi connectivity index (χ2v) is 4.96. The van der Waals surface area contributed by atoms with Crippen LogP contribution in [0.2, 0.25) is 0 Å². The third-order valence-electron chi connectivity index (χ3n) is 3.44. The van der Waals surface area contributed by atoms with Crippen LogP contribution in [0.25, 0.3) is 0 Å². The number of hydrogen-bond acceptors (Lipinski definition) is 2. The topological polar surface area (TPSA) is 21.3 Å². The van der Waals surface area contributed by atoms with Crippen molar-refractivity contribution in [3.05, 3.63) is 0 Å². The standard InChI is InChI=1S/C14H29NO/c1-3-5-6-7-9-13(15-11-4-2)14-10-8-12-16-14/h13-15H,3-12H2,1-2H3. The summed E-state index contributed by atoms with van der Waals surface area (Å²) >= 11 is 0. The van der Waals surface area contributed by atoms with Crippen molar-refractivity contribution in [3.63, 3.8) is 0 Å². The molecule has 96 valence electrons. The highest BCUT2D eigenvalue weighted by Gasteiger charge is 2.24. The smallest absolute Gasteiger partial charge is 0.0728 e. The predicted molar refractivity (Wildman–Crippen MR) is 69.8 cm³/mol. The molecule has 1 heterocycles. The lowest BCUT2D eigenvalue weighted by atomic mass is 10.0. The minimum atomic E-state index is 0.494. The summed E-state index contributed by atoms with van der Waals surface area (Å²) in [5.74, 6) is 0. The van der Waals surface area contributed by atoms with E-state index in [1.54, 1.807) is 0 Å². The lowest BCUT2D eigenvalue weighted by Gasteiger charge is -2.24. The summed E-state index contributed by atoms with van der Waals surface area (Å²) in [6, 6.07) is 0.610. The quantitative estimate of drug-likeness (QED) is 0.609. The highest BCUT2D eigenvalue weighted by molar-refractivity contribution is 4.80. The summed E-state index contributed by atoms with van der Waals surface area (Å²) in [7, 11) is 0. The average Bonchev–Trinajstić information content (AvgIpc) is 2.82. The molecule has 0 radical (unpaired) electrons. The van der Waals surface area contributed by atoms with Gasteiger partial charge in [0.05, 0.1) is 6.10 Å². The fraction of sp³-hybridized carbons (Fsp3) is 1.00. The van der Waals surface area contributed by atoms with Gasteiger partial charge < -0.3 is 10.1 Å². The molecule has 0 spiro atoms. The van der Waals surface area contributed by atoms with Crippen molar-refractivity contribution >= 4 is 0 Å². The predicted octanol–water partition coefficient (Wildman–Crippen LogP) is 3.50. The first-order valence-corrected chi connectivity index (χ1v) is 7.23. The summed E-state index contributed by atoms with van der Waals surface area (Å²) < 4.78 is 5.81. The van der Waals surface area contributed by atoms with Crippen LogP contribution in [0.15, 0.2) is 0 Å². The Labute approximate surface area is 101 Å². The Bertz CT molecular complexity index is 155. The second kappa shape index (κ2) is 9.00. The number of hydrogen-bond donors (Lipinski definition) is 1. The van der Waals surface area contributed by atoms with Crippen LogP contribution in [0.1, 0.15) is 65.2 Å². The molecule has 2 atom stereocenters. The molecule has 16 heavy (non-hydrogen) atoms. The first kappa shape index (κ1) is 14.0. The molecule has 0 aromatic rings. The highest BCUT2D eigenvalue weighted by atomic mass is 16.5. The van der Waals surface area contributed by atoms with E-state index in [-0.39, 0.29) is 0 Å². The van der Waals surface area contributed by atoms with Gasteiger partial charge in [-0.3, -0.25) is 0 Å². The Morgan fingerprint density at radius 2 is 2.06 bits per heavy atom. The van der Waals surface area contributed by atoms with Gasteiger partial charge in [-0.2, -0.15) is 0 Å². The molecule has 2 heteroatoms. The van der Waals surface area contributed by atoms with Gasteiger partial charge in [0.25, 0.3) is 0 Å². The van der Waals surface area contributed by atoms with E-state index in [0.717, 1.165) is 13.2 Å². The minimum Gasteiger partial charge on any atom is -0.377 e. The van der Waals surface area contributed by atoms with Gasteiger partial charge in [-0.05, 0) is 32.2 Å². The molecule has 2 nitrogen and oxygen atoms in total. The lowest BCUT2D eigenvalue weighted by molar-refractivity contribution is 0.0747. The van der Waals surface area contributed by atoms with Crippen LogP contribution in [-0.4, -0.2) is 25.3 Å². The van der Waals surface area contributed by atoms with E-state index >= 15 is 0 Å². The Hall–Kier alpha value is -0.0800. The van der Waals surface area contributed by atoms with Gasteiger partial charge in [-0.1, -0.05) is 39.5 Å². The maximum absolute atomic E-state index is 5.81. The average molecular weight is 227 g/mol.